The summed E-state index contributed by atoms with van der Waals surface area (Å²) in [6.45, 7) is 6.15. The van der Waals surface area contributed by atoms with Crippen LogP contribution in [0, 0.1) is 12.7 Å². The number of allylic oxidation sites excluding steroid dienone is 1. The van der Waals surface area contributed by atoms with Gasteiger partial charge in [-0.25, -0.2) is 9.37 Å². The molecule has 4 aromatic rings. The van der Waals surface area contributed by atoms with Crippen LogP contribution in [-0.2, 0) is 11.3 Å². The molecule has 0 bridgehead atoms. The minimum Gasteiger partial charge on any atom is -0.469 e. The van der Waals surface area contributed by atoms with E-state index < -0.39 is 0 Å². The summed E-state index contributed by atoms with van der Waals surface area (Å²) in [5.74, 6) is 1.04. The first-order valence-corrected chi connectivity index (χ1v) is 11.1. The van der Waals surface area contributed by atoms with Gasteiger partial charge in [0.1, 0.15) is 11.6 Å². The van der Waals surface area contributed by atoms with Crippen LogP contribution < -0.4 is 5.32 Å². The topological polar surface area (TPSA) is 85.8 Å². The SMILES string of the molecule is C=CCn1c(SCC(=O)Nc2nc(-c3ccc(F)cc3)cs2)nnc1-c1ccoc1C. The summed E-state index contributed by atoms with van der Waals surface area (Å²) in [7, 11) is 0. The third kappa shape index (κ3) is 4.75. The molecule has 0 aliphatic heterocycles. The van der Waals surface area contributed by atoms with Gasteiger partial charge in [0.2, 0.25) is 5.91 Å². The normalized spacial score (nSPS) is 10.9. The maximum absolute atomic E-state index is 13.1. The molecule has 10 heteroatoms. The lowest BCUT2D eigenvalue weighted by Crippen LogP contribution is -2.14. The first kappa shape index (κ1) is 21.0. The summed E-state index contributed by atoms with van der Waals surface area (Å²) >= 11 is 2.59. The number of thiazole rings is 1. The number of nitrogens with zero attached hydrogens (tertiary/aromatic N) is 4. The maximum Gasteiger partial charge on any atom is 0.236 e. The molecule has 3 heterocycles. The number of aryl methyl sites for hydroxylation is 1. The number of furan rings is 1. The lowest BCUT2D eigenvalue weighted by atomic mass is 10.2. The minimum atomic E-state index is -0.306. The molecular formula is C21H18FN5O2S2. The van der Waals surface area contributed by atoms with Crippen LogP contribution in [0.3, 0.4) is 0 Å². The molecule has 0 saturated carbocycles. The largest absolute Gasteiger partial charge is 0.469 e. The fraction of sp³-hybridized carbons (Fsp3) is 0.143. The van der Waals surface area contributed by atoms with Crippen molar-refractivity contribution in [3.05, 3.63) is 66.2 Å². The molecule has 158 valence electrons. The third-order valence-electron chi connectivity index (χ3n) is 4.35. The van der Waals surface area contributed by atoms with E-state index in [1.165, 1.54) is 35.2 Å². The Hall–Kier alpha value is -3.24. The average Bonchev–Trinajstić information content (AvgIpc) is 3.48. The van der Waals surface area contributed by atoms with E-state index in [4.69, 9.17) is 4.42 Å². The Labute approximate surface area is 186 Å². The predicted octanol–water partition coefficient (Wildman–Crippen LogP) is 5.03. The molecule has 1 amide bonds. The average molecular weight is 456 g/mol. The van der Waals surface area contributed by atoms with Crippen LogP contribution in [0.25, 0.3) is 22.6 Å². The number of rotatable bonds is 8. The number of thioether (sulfide) groups is 1. The van der Waals surface area contributed by atoms with Crippen molar-refractivity contribution in [2.75, 3.05) is 11.1 Å². The molecule has 4 rings (SSSR count). The predicted molar refractivity (Wildman–Crippen MR) is 120 cm³/mol. The summed E-state index contributed by atoms with van der Waals surface area (Å²) in [6.07, 6.45) is 3.35. The number of hydrogen-bond acceptors (Lipinski definition) is 7. The first-order chi connectivity index (χ1) is 15.0. The number of hydrogen-bond donors (Lipinski definition) is 1. The van der Waals surface area contributed by atoms with Gasteiger partial charge in [0.25, 0.3) is 0 Å². The molecule has 0 aliphatic carbocycles. The van der Waals surface area contributed by atoms with Crippen molar-refractivity contribution in [1.29, 1.82) is 0 Å². The van der Waals surface area contributed by atoms with E-state index in [-0.39, 0.29) is 17.5 Å². The van der Waals surface area contributed by atoms with Crippen molar-refractivity contribution in [1.82, 2.24) is 19.7 Å². The van der Waals surface area contributed by atoms with Crippen molar-refractivity contribution < 1.29 is 13.6 Å². The quantitative estimate of drug-likeness (QED) is 0.296. The maximum atomic E-state index is 13.1. The number of nitrogens with one attached hydrogen (secondary N) is 1. The molecule has 0 saturated heterocycles. The zero-order chi connectivity index (χ0) is 21.8. The summed E-state index contributed by atoms with van der Waals surface area (Å²) < 4.78 is 20.3. The molecule has 0 atom stereocenters. The van der Waals surface area contributed by atoms with Crippen LogP contribution in [0.5, 0.6) is 0 Å². The third-order valence-corrected chi connectivity index (χ3v) is 6.08. The zero-order valence-electron chi connectivity index (χ0n) is 16.5. The fourth-order valence-corrected chi connectivity index (χ4v) is 4.36. The smallest absolute Gasteiger partial charge is 0.236 e. The zero-order valence-corrected chi connectivity index (χ0v) is 18.2. The summed E-state index contributed by atoms with van der Waals surface area (Å²) in [5, 5.41) is 14.2. The fourth-order valence-electron chi connectivity index (χ4n) is 2.88. The Morgan fingerprint density at radius 1 is 1.32 bits per heavy atom. The van der Waals surface area contributed by atoms with Crippen molar-refractivity contribution in [2.24, 2.45) is 0 Å². The van der Waals surface area contributed by atoms with Gasteiger partial charge in [-0.1, -0.05) is 17.8 Å². The molecule has 0 fully saturated rings. The summed E-state index contributed by atoms with van der Waals surface area (Å²) in [6, 6.07) is 7.89. The first-order valence-electron chi connectivity index (χ1n) is 9.28. The number of carbonyl (C=O) groups is 1. The summed E-state index contributed by atoms with van der Waals surface area (Å²) in [5.41, 5.74) is 2.31. The lowest BCUT2D eigenvalue weighted by Gasteiger charge is -2.07. The standard InChI is InChI=1S/C21H18FN5O2S2/c1-3-9-27-19(16-8-10-29-13(16)2)25-26-21(27)31-12-18(28)24-20-23-17(11-30-20)14-4-6-15(22)7-5-14/h3-8,10-11H,1,9,12H2,2H3,(H,23,24,28). The Kier molecular flexibility index (Phi) is 6.28. The molecule has 0 aliphatic rings. The number of halogens is 1. The van der Waals surface area contributed by atoms with Gasteiger partial charge in [-0.3, -0.25) is 9.36 Å². The highest BCUT2D eigenvalue weighted by molar-refractivity contribution is 7.99. The highest BCUT2D eigenvalue weighted by atomic mass is 32.2. The molecule has 0 spiro atoms. The van der Waals surface area contributed by atoms with Crippen LogP contribution in [0.15, 0.2) is 64.2 Å². The number of carbonyl (C=O) groups excluding carboxylic acids is 1. The summed E-state index contributed by atoms with van der Waals surface area (Å²) in [4.78, 5) is 16.8. The van der Waals surface area contributed by atoms with E-state index in [2.05, 4.69) is 27.1 Å². The Morgan fingerprint density at radius 2 is 2.13 bits per heavy atom. The lowest BCUT2D eigenvalue weighted by molar-refractivity contribution is -0.113. The van der Waals surface area contributed by atoms with Gasteiger partial charge in [-0.2, -0.15) is 0 Å². The molecule has 0 radical (unpaired) electrons. The van der Waals surface area contributed by atoms with Crippen LogP contribution in [-0.4, -0.2) is 31.4 Å². The van der Waals surface area contributed by atoms with E-state index in [9.17, 15) is 9.18 Å². The molecular weight excluding hydrogens is 437 g/mol. The van der Waals surface area contributed by atoms with Gasteiger partial charge < -0.3 is 9.73 Å². The Balaban J connectivity index is 1.41. The monoisotopic (exact) mass is 455 g/mol. The van der Waals surface area contributed by atoms with Gasteiger partial charge in [0.15, 0.2) is 16.1 Å². The van der Waals surface area contributed by atoms with Gasteiger partial charge >= 0.3 is 0 Å². The molecule has 0 unspecified atom stereocenters. The number of amides is 1. The molecule has 7 nitrogen and oxygen atoms in total. The number of benzene rings is 1. The van der Waals surface area contributed by atoms with E-state index in [0.29, 0.717) is 28.4 Å². The Morgan fingerprint density at radius 3 is 2.84 bits per heavy atom. The van der Waals surface area contributed by atoms with Crippen molar-refractivity contribution in [3.8, 4) is 22.6 Å². The number of aromatic nitrogens is 4. The second kappa shape index (κ2) is 9.27. The van der Waals surface area contributed by atoms with Crippen LogP contribution in [0.1, 0.15) is 5.76 Å². The second-order valence-electron chi connectivity index (χ2n) is 6.48. The highest BCUT2D eigenvalue weighted by Crippen LogP contribution is 2.28. The van der Waals surface area contributed by atoms with Crippen LogP contribution >= 0.6 is 23.1 Å². The van der Waals surface area contributed by atoms with E-state index in [1.54, 1.807) is 24.5 Å². The van der Waals surface area contributed by atoms with E-state index in [0.717, 1.165) is 16.9 Å². The van der Waals surface area contributed by atoms with Gasteiger partial charge in [0, 0.05) is 17.5 Å². The van der Waals surface area contributed by atoms with Gasteiger partial charge in [-0.05, 0) is 37.3 Å². The minimum absolute atomic E-state index is 0.144. The van der Waals surface area contributed by atoms with E-state index in [1.807, 2.05) is 22.9 Å². The van der Waals surface area contributed by atoms with Crippen molar-refractivity contribution in [2.45, 2.75) is 18.6 Å². The Bertz CT molecular complexity index is 1210. The molecule has 1 N–H and O–H groups in total. The van der Waals surface area contributed by atoms with Crippen LogP contribution in [0.4, 0.5) is 9.52 Å². The van der Waals surface area contributed by atoms with Crippen molar-refractivity contribution in [3.63, 3.8) is 0 Å². The molecule has 31 heavy (non-hydrogen) atoms. The second-order valence-corrected chi connectivity index (χ2v) is 8.28. The van der Waals surface area contributed by atoms with E-state index >= 15 is 0 Å². The van der Waals surface area contributed by atoms with Gasteiger partial charge in [-0.15, -0.1) is 28.1 Å². The molecule has 3 aromatic heterocycles. The molecule has 1 aromatic carbocycles. The van der Waals surface area contributed by atoms with Gasteiger partial charge in [0.05, 0.1) is 23.3 Å². The van der Waals surface area contributed by atoms with Crippen LogP contribution in [0.2, 0.25) is 0 Å². The van der Waals surface area contributed by atoms with Crippen molar-refractivity contribution >= 4 is 34.1 Å². The number of anilines is 1. The highest BCUT2D eigenvalue weighted by Gasteiger charge is 2.18.